The molecular formula is C32H29F2N4O5S2+. The van der Waals surface area contributed by atoms with Crippen molar-refractivity contribution >= 4 is 28.3 Å². The van der Waals surface area contributed by atoms with Gasteiger partial charge in [0.05, 0.1) is 25.6 Å². The summed E-state index contributed by atoms with van der Waals surface area (Å²) in [7, 11) is 0.674. The quantitative estimate of drug-likeness (QED) is 0.130. The fourth-order valence-corrected chi connectivity index (χ4v) is 6.50. The highest BCUT2D eigenvalue weighted by Crippen LogP contribution is 2.40. The molecule has 1 unspecified atom stereocenters. The molecule has 3 N–H and O–H groups in total. The summed E-state index contributed by atoms with van der Waals surface area (Å²) in [6.45, 7) is 0. The minimum Gasteiger partial charge on any atom is -0.497 e. The lowest BCUT2D eigenvalue weighted by Gasteiger charge is -2.12. The van der Waals surface area contributed by atoms with Crippen molar-refractivity contribution in [3.05, 3.63) is 94.1 Å². The van der Waals surface area contributed by atoms with Gasteiger partial charge in [0.25, 0.3) is 0 Å². The van der Waals surface area contributed by atoms with Gasteiger partial charge in [-0.3, -0.25) is 0 Å². The van der Waals surface area contributed by atoms with E-state index in [2.05, 4.69) is 4.98 Å². The number of ether oxygens (including phenoxy) is 2. The zero-order chi connectivity index (χ0) is 31.8. The number of thiazole rings is 1. The van der Waals surface area contributed by atoms with Gasteiger partial charge in [-0.2, -0.15) is 5.10 Å². The molecule has 232 valence electrons. The number of nitrogens with two attached hydrogens (primary N) is 1. The maximum atomic E-state index is 15.4. The van der Waals surface area contributed by atoms with Crippen molar-refractivity contribution in [1.29, 1.82) is 0 Å². The van der Waals surface area contributed by atoms with E-state index in [4.69, 9.17) is 19.7 Å². The fraction of sp³-hybridized carbons (Fsp3) is 0.219. The molecule has 3 aromatic carbocycles. The van der Waals surface area contributed by atoms with Gasteiger partial charge in [-0.25, -0.2) is 23.2 Å². The van der Waals surface area contributed by atoms with Crippen LogP contribution in [0, 0.1) is 17.6 Å². The first kappa shape index (κ1) is 30.6. The maximum Gasteiger partial charge on any atom is 0.355 e. The Labute approximate surface area is 263 Å². The predicted octanol–water partition coefficient (Wildman–Crippen LogP) is 6.13. The van der Waals surface area contributed by atoms with Gasteiger partial charge < -0.3 is 14.6 Å². The minimum atomic E-state index is -2.36. The highest BCUT2D eigenvalue weighted by Gasteiger charge is 2.30. The zero-order valence-electron chi connectivity index (χ0n) is 24.3. The Kier molecular flexibility index (Phi) is 8.49. The van der Waals surface area contributed by atoms with Crippen molar-refractivity contribution in [1.82, 2.24) is 14.8 Å². The summed E-state index contributed by atoms with van der Waals surface area (Å²) in [6.07, 6.45) is 2.94. The van der Waals surface area contributed by atoms with Crippen LogP contribution >= 0.6 is 11.3 Å². The SMILES string of the molecule is COc1cc(OC)cc(-c2cc(-c3nn(-c4nc(C(=O)O)cs4)c(CC4CC4)c3Cc3ccc([SH+](N)=O)c(F)c3)ccc2F)c1. The normalized spacial score (nSPS) is 13.5. The summed E-state index contributed by atoms with van der Waals surface area (Å²) >= 11 is 1.15. The second-order valence-electron chi connectivity index (χ2n) is 10.7. The molecule has 0 aliphatic heterocycles. The summed E-state index contributed by atoms with van der Waals surface area (Å²) in [5, 5.41) is 21.8. The minimum absolute atomic E-state index is 0.0660. The molecule has 0 bridgehead atoms. The summed E-state index contributed by atoms with van der Waals surface area (Å²) in [5.74, 6) is -0.898. The van der Waals surface area contributed by atoms with Crippen LogP contribution in [0.15, 0.2) is 64.9 Å². The Bertz CT molecular complexity index is 1930. The Morgan fingerprint density at radius 1 is 1.04 bits per heavy atom. The van der Waals surface area contributed by atoms with Gasteiger partial charge in [0.1, 0.15) is 17.3 Å². The number of nitrogens with zero attached hydrogens (tertiary/aromatic N) is 3. The van der Waals surface area contributed by atoms with Gasteiger partial charge in [-0.15, -0.1) is 16.5 Å². The van der Waals surface area contributed by atoms with Crippen LogP contribution < -0.4 is 14.6 Å². The molecule has 0 amide bonds. The third kappa shape index (κ3) is 6.37. The number of carboxylic acids is 1. The maximum absolute atomic E-state index is 15.4. The smallest absolute Gasteiger partial charge is 0.355 e. The van der Waals surface area contributed by atoms with Crippen LogP contribution in [0.25, 0.3) is 27.5 Å². The highest BCUT2D eigenvalue weighted by atomic mass is 32.2. The van der Waals surface area contributed by atoms with Gasteiger partial charge in [-0.1, -0.05) is 10.3 Å². The molecule has 45 heavy (non-hydrogen) atoms. The van der Waals surface area contributed by atoms with Crippen molar-refractivity contribution < 1.29 is 32.4 Å². The van der Waals surface area contributed by atoms with Crippen LogP contribution in [0.5, 0.6) is 11.5 Å². The number of thiol groups is 1. The number of methoxy groups -OCH3 is 2. The number of hydrogen-bond donors (Lipinski definition) is 2. The predicted molar refractivity (Wildman–Crippen MR) is 168 cm³/mol. The van der Waals surface area contributed by atoms with Crippen LogP contribution in [0.1, 0.15) is 40.2 Å². The molecule has 0 radical (unpaired) electrons. The van der Waals surface area contributed by atoms with Crippen LogP contribution in [-0.4, -0.2) is 40.1 Å². The van der Waals surface area contributed by atoms with E-state index in [1.165, 1.54) is 37.8 Å². The van der Waals surface area contributed by atoms with Crippen LogP contribution in [0.2, 0.25) is 0 Å². The van der Waals surface area contributed by atoms with Crippen LogP contribution in [0.3, 0.4) is 0 Å². The number of halogens is 2. The topological polar surface area (TPSA) is 130 Å². The third-order valence-corrected chi connectivity index (χ3v) is 9.35. The van der Waals surface area contributed by atoms with Gasteiger partial charge >= 0.3 is 5.97 Å². The molecule has 0 spiro atoms. The standard InChI is InChI=1S/C32H28F2N4O5S2/c1-42-21-12-20(13-22(15-21)43-2)23-14-19(6-7-25(23)33)30-24(9-18-5-8-29(45(35)41)26(34)10-18)28(11-17-3-4-17)38(37-30)32-36-27(16-44-32)31(39)40/h5-8,10,12-17H,3-4,9,11H2,1-2H3,(H2,35,41)(H,39,40)/p+1. The molecule has 1 atom stereocenters. The molecule has 1 fully saturated rings. The van der Waals surface area contributed by atoms with E-state index >= 15 is 4.39 Å². The monoisotopic (exact) mass is 651 g/mol. The van der Waals surface area contributed by atoms with E-state index in [9.17, 15) is 18.5 Å². The Morgan fingerprint density at radius 2 is 1.78 bits per heavy atom. The number of aromatic nitrogens is 3. The zero-order valence-corrected chi connectivity index (χ0v) is 26.0. The van der Waals surface area contributed by atoms with Crippen molar-refractivity contribution in [3.8, 4) is 39.0 Å². The molecule has 5 aromatic rings. The lowest BCUT2D eigenvalue weighted by molar-refractivity contribution is 0.0691. The number of hydrogen-bond acceptors (Lipinski definition) is 7. The highest BCUT2D eigenvalue weighted by molar-refractivity contribution is 7.82. The summed E-state index contributed by atoms with van der Waals surface area (Å²) in [4.78, 5) is 15.9. The first-order chi connectivity index (χ1) is 21.6. The van der Waals surface area contributed by atoms with Crippen LogP contribution in [0.4, 0.5) is 8.78 Å². The lowest BCUT2D eigenvalue weighted by Crippen LogP contribution is -2.07. The van der Waals surface area contributed by atoms with E-state index in [1.54, 1.807) is 41.1 Å². The van der Waals surface area contributed by atoms with Gasteiger partial charge in [0.2, 0.25) is 10.0 Å². The molecular weight excluding hydrogens is 623 g/mol. The third-order valence-electron chi connectivity index (χ3n) is 7.69. The number of carboxylic acid groups (broad SMARTS) is 1. The van der Waals surface area contributed by atoms with E-state index in [1.807, 2.05) is 0 Å². The first-order valence-electron chi connectivity index (χ1n) is 14.0. The molecule has 2 heterocycles. The number of aromatic carboxylic acids is 1. The van der Waals surface area contributed by atoms with Crippen molar-refractivity contribution in [3.63, 3.8) is 0 Å². The van der Waals surface area contributed by atoms with Gasteiger partial charge in [0, 0.05) is 34.6 Å². The van der Waals surface area contributed by atoms with Gasteiger partial charge in [0.15, 0.2) is 22.5 Å². The van der Waals surface area contributed by atoms with E-state index in [-0.39, 0.29) is 17.0 Å². The molecule has 1 aliphatic carbocycles. The van der Waals surface area contributed by atoms with E-state index < -0.39 is 28.6 Å². The number of carbonyl (C=O) groups is 1. The molecule has 9 nitrogen and oxygen atoms in total. The molecule has 1 saturated carbocycles. The average molecular weight is 652 g/mol. The summed E-state index contributed by atoms with van der Waals surface area (Å²) in [5.41, 5.74) is 4.00. The Balaban J connectivity index is 1.55. The van der Waals surface area contributed by atoms with Crippen molar-refractivity contribution in [2.75, 3.05) is 14.2 Å². The molecule has 6 rings (SSSR count). The van der Waals surface area contributed by atoms with Crippen LogP contribution in [-0.2, 0) is 28.0 Å². The van der Waals surface area contributed by atoms with Gasteiger partial charge in [-0.05, 0) is 78.8 Å². The molecule has 1 aliphatic rings. The van der Waals surface area contributed by atoms with E-state index in [0.717, 1.165) is 35.4 Å². The van der Waals surface area contributed by atoms with E-state index in [0.29, 0.717) is 56.9 Å². The number of rotatable bonds is 11. The average Bonchev–Trinajstić information content (AvgIpc) is 3.58. The molecule has 0 saturated heterocycles. The largest absolute Gasteiger partial charge is 0.497 e. The van der Waals surface area contributed by atoms with Crippen molar-refractivity contribution in [2.24, 2.45) is 11.1 Å². The summed E-state index contributed by atoms with van der Waals surface area (Å²) in [6, 6.07) is 14.2. The Hall–Kier alpha value is -4.46. The second kappa shape index (κ2) is 12.5. The Morgan fingerprint density at radius 3 is 2.38 bits per heavy atom. The molecule has 13 heteroatoms. The second-order valence-corrected chi connectivity index (χ2v) is 12.7. The lowest BCUT2D eigenvalue weighted by atomic mass is 9.94. The number of benzene rings is 3. The first-order valence-corrected chi connectivity index (χ1v) is 16.2. The summed E-state index contributed by atoms with van der Waals surface area (Å²) < 4.78 is 54.5. The van der Waals surface area contributed by atoms with Crippen molar-refractivity contribution in [2.45, 2.75) is 30.6 Å². The molecule has 2 aromatic heterocycles. The fourth-order valence-electron chi connectivity index (χ4n) is 5.23.